The van der Waals surface area contributed by atoms with Gasteiger partial charge in [0, 0.05) is 6.54 Å². The standard InChI is InChI=1S/C16H16FN7O2S2/c17-10-3-5-11(6-4-10)24-15(19)12(8-18)13(23-24)2-1-7-21-16-22-9-14(27-16)28(20,25)26/h3-6,9H,1-2,7,19H2,(H,21,22)(H2,20,25,26). The predicted octanol–water partition coefficient (Wildman–Crippen LogP) is 1.61. The highest BCUT2D eigenvalue weighted by Crippen LogP contribution is 2.23. The van der Waals surface area contributed by atoms with Crippen molar-refractivity contribution in [3.8, 4) is 11.8 Å². The molecule has 12 heteroatoms. The molecule has 0 saturated heterocycles. The van der Waals surface area contributed by atoms with Crippen LogP contribution in [-0.2, 0) is 16.4 Å². The topological polar surface area (TPSA) is 153 Å². The van der Waals surface area contributed by atoms with Gasteiger partial charge in [0.25, 0.3) is 0 Å². The van der Waals surface area contributed by atoms with Gasteiger partial charge in [0.05, 0.1) is 17.6 Å². The van der Waals surface area contributed by atoms with E-state index in [4.69, 9.17) is 10.9 Å². The van der Waals surface area contributed by atoms with Gasteiger partial charge in [-0.1, -0.05) is 11.3 Å². The van der Waals surface area contributed by atoms with Gasteiger partial charge in [-0.05, 0) is 37.1 Å². The molecular formula is C16H16FN7O2S2. The maximum absolute atomic E-state index is 13.1. The van der Waals surface area contributed by atoms with E-state index in [0.717, 1.165) is 11.3 Å². The zero-order valence-electron chi connectivity index (χ0n) is 14.5. The van der Waals surface area contributed by atoms with Crippen molar-refractivity contribution < 1.29 is 12.8 Å². The van der Waals surface area contributed by atoms with Gasteiger partial charge < -0.3 is 11.1 Å². The smallest absolute Gasteiger partial charge is 0.249 e. The van der Waals surface area contributed by atoms with Crippen LogP contribution in [0.1, 0.15) is 17.7 Å². The second-order valence-corrected chi connectivity index (χ2v) is 8.59. The summed E-state index contributed by atoms with van der Waals surface area (Å²) in [6, 6.07) is 7.67. The summed E-state index contributed by atoms with van der Waals surface area (Å²) in [4.78, 5) is 3.95. The van der Waals surface area contributed by atoms with Gasteiger partial charge in [0.1, 0.15) is 23.3 Å². The van der Waals surface area contributed by atoms with E-state index in [9.17, 15) is 18.1 Å². The number of sulfonamides is 1. The molecule has 1 aromatic carbocycles. The predicted molar refractivity (Wildman–Crippen MR) is 103 cm³/mol. The van der Waals surface area contributed by atoms with Crippen molar-refractivity contribution >= 4 is 32.3 Å². The number of hydrogen-bond acceptors (Lipinski definition) is 8. The molecule has 0 aliphatic carbocycles. The Morgan fingerprint density at radius 2 is 2.04 bits per heavy atom. The van der Waals surface area contributed by atoms with Crippen molar-refractivity contribution in [3.63, 3.8) is 0 Å². The van der Waals surface area contributed by atoms with Gasteiger partial charge in [-0.3, -0.25) is 0 Å². The average Bonchev–Trinajstić information content (AvgIpc) is 3.24. The third-order valence-electron chi connectivity index (χ3n) is 3.81. The number of rotatable bonds is 7. The van der Waals surface area contributed by atoms with E-state index in [-0.39, 0.29) is 21.4 Å². The summed E-state index contributed by atoms with van der Waals surface area (Å²) in [5, 5.41) is 22.2. The van der Waals surface area contributed by atoms with Crippen LogP contribution in [0.4, 0.5) is 15.3 Å². The van der Waals surface area contributed by atoms with Crippen molar-refractivity contribution in [1.29, 1.82) is 5.26 Å². The number of thiazole rings is 1. The first-order valence-corrected chi connectivity index (χ1v) is 10.4. The molecule has 2 aromatic heterocycles. The number of anilines is 2. The van der Waals surface area contributed by atoms with Crippen molar-refractivity contribution in [2.75, 3.05) is 17.6 Å². The van der Waals surface area contributed by atoms with Crippen LogP contribution in [0.5, 0.6) is 0 Å². The molecule has 0 radical (unpaired) electrons. The lowest BCUT2D eigenvalue weighted by atomic mass is 10.1. The van der Waals surface area contributed by atoms with Crippen molar-refractivity contribution in [1.82, 2.24) is 14.8 Å². The molecule has 0 amide bonds. The highest BCUT2D eigenvalue weighted by Gasteiger charge is 2.17. The highest BCUT2D eigenvalue weighted by atomic mass is 32.2. The summed E-state index contributed by atoms with van der Waals surface area (Å²) in [7, 11) is -3.77. The van der Waals surface area contributed by atoms with Gasteiger partial charge in [0.2, 0.25) is 10.0 Å². The molecule has 0 aliphatic heterocycles. The fraction of sp³-hybridized carbons (Fsp3) is 0.188. The molecular weight excluding hydrogens is 405 g/mol. The number of nitriles is 1. The van der Waals surface area contributed by atoms with Gasteiger partial charge in [0.15, 0.2) is 9.34 Å². The number of aryl methyl sites for hydroxylation is 1. The monoisotopic (exact) mass is 421 g/mol. The van der Waals surface area contributed by atoms with E-state index >= 15 is 0 Å². The van der Waals surface area contributed by atoms with Crippen molar-refractivity contribution in [3.05, 3.63) is 47.5 Å². The maximum atomic E-state index is 13.1. The molecule has 0 bridgehead atoms. The number of nitrogen functional groups attached to an aromatic ring is 1. The summed E-state index contributed by atoms with van der Waals surface area (Å²) < 4.78 is 37.0. The van der Waals surface area contributed by atoms with E-state index in [0.29, 0.717) is 35.9 Å². The largest absolute Gasteiger partial charge is 0.382 e. The van der Waals surface area contributed by atoms with Gasteiger partial charge in [-0.25, -0.2) is 27.6 Å². The van der Waals surface area contributed by atoms with E-state index < -0.39 is 10.0 Å². The molecule has 0 aliphatic rings. The van der Waals surface area contributed by atoms with Gasteiger partial charge in [-0.15, -0.1) is 0 Å². The Kier molecular flexibility index (Phi) is 5.59. The number of aromatic nitrogens is 3. The van der Waals surface area contributed by atoms with Gasteiger partial charge in [-0.2, -0.15) is 10.4 Å². The minimum Gasteiger partial charge on any atom is -0.382 e. The van der Waals surface area contributed by atoms with Crippen LogP contribution >= 0.6 is 11.3 Å². The molecule has 3 rings (SSSR count). The zero-order chi connectivity index (χ0) is 20.3. The summed E-state index contributed by atoms with van der Waals surface area (Å²) in [5.74, 6) is -0.191. The minimum absolute atomic E-state index is 0.0208. The highest BCUT2D eigenvalue weighted by molar-refractivity contribution is 7.91. The van der Waals surface area contributed by atoms with Crippen LogP contribution in [0.3, 0.4) is 0 Å². The molecule has 3 aromatic rings. The van der Waals surface area contributed by atoms with Gasteiger partial charge >= 0.3 is 0 Å². The van der Waals surface area contributed by atoms with E-state index in [2.05, 4.69) is 21.5 Å². The minimum atomic E-state index is -3.77. The average molecular weight is 421 g/mol. The molecule has 146 valence electrons. The van der Waals surface area contributed by atoms with E-state index in [1.54, 1.807) is 0 Å². The van der Waals surface area contributed by atoms with Crippen LogP contribution in [-0.4, -0.2) is 29.7 Å². The summed E-state index contributed by atoms with van der Waals surface area (Å²) in [6.07, 6.45) is 2.25. The first-order valence-electron chi connectivity index (χ1n) is 8.05. The van der Waals surface area contributed by atoms with E-state index in [1.165, 1.54) is 35.1 Å². The fourth-order valence-corrected chi connectivity index (χ4v) is 3.95. The molecule has 9 nitrogen and oxygen atoms in total. The lowest BCUT2D eigenvalue weighted by Gasteiger charge is -2.03. The fourth-order valence-electron chi connectivity index (χ4n) is 2.48. The normalized spacial score (nSPS) is 11.3. The maximum Gasteiger partial charge on any atom is 0.249 e. The van der Waals surface area contributed by atoms with Crippen LogP contribution < -0.4 is 16.2 Å². The molecule has 0 saturated carbocycles. The first kappa shape index (κ1) is 19.7. The Morgan fingerprint density at radius 1 is 1.32 bits per heavy atom. The first-order chi connectivity index (χ1) is 13.3. The summed E-state index contributed by atoms with van der Waals surface area (Å²) >= 11 is 0.941. The molecule has 5 N–H and O–H groups in total. The molecule has 0 atom stereocenters. The third kappa shape index (κ3) is 4.28. The molecule has 28 heavy (non-hydrogen) atoms. The Hall–Kier alpha value is -3.01. The van der Waals surface area contributed by atoms with Crippen LogP contribution in [0, 0.1) is 17.1 Å². The number of benzene rings is 1. The summed E-state index contributed by atoms with van der Waals surface area (Å²) in [6.45, 7) is 0.478. The molecule has 2 heterocycles. The molecule has 0 spiro atoms. The SMILES string of the molecule is N#Cc1c(CCCNc2ncc(S(N)(=O)=O)s2)nn(-c2ccc(F)cc2)c1N. The second-order valence-electron chi connectivity index (χ2n) is 5.77. The lowest BCUT2D eigenvalue weighted by Crippen LogP contribution is -2.09. The van der Waals surface area contributed by atoms with Crippen LogP contribution in [0.2, 0.25) is 0 Å². The molecule has 0 unspecified atom stereocenters. The number of nitrogens with zero attached hydrogens (tertiary/aromatic N) is 4. The van der Waals surface area contributed by atoms with Crippen molar-refractivity contribution in [2.24, 2.45) is 5.14 Å². The van der Waals surface area contributed by atoms with Crippen LogP contribution in [0.15, 0.2) is 34.7 Å². The van der Waals surface area contributed by atoms with E-state index in [1.807, 2.05) is 0 Å². The van der Waals surface area contributed by atoms with Crippen LogP contribution in [0.25, 0.3) is 5.69 Å². The number of halogens is 1. The number of nitrogens with two attached hydrogens (primary N) is 2. The Bertz CT molecular complexity index is 1130. The molecule has 0 fully saturated rings. The quantitative estimate of drug-likeness (QED) is 0.490. The third-order valence-corrected chi connectivity index (χ3v) is 6.17. The number of nitrogens with one attached hydrogen (secondary N) is 1. The zero-order valence-corrected chi connectivity index (χ0v) is 16.1. The lowest BCUT2D eigenvalue weighted by molar-refractivity contribution is 0.599. The second kappa shape index (κ2) is 7.93. The Balaban J connectivity index is 1.66. The summed E-state index contributed by atoms with van der Waals surface area (Å²) in [5.41, 5.74) is 7.37. The van der Waals surface area contributed by atoms with Crippen molar-refractivity contribution in [2.45, 2.75) is 17.1 Å². The number of primary sulfonamides is 1. The Labute approximate surface area is 164 Å². The Morgan fingerprint density at radius 3 is 2.64 bits per heavy atom. The number of hydrogen-bond donors (Lipinski definition) is 3.